The Balaban J connectivity index is 0.686. The van der Waals surface area contributed by atoms with Gasteiger partial charge in [0.25, 0.3) is 17.7 Å². The van der Waals surface area contributed by atoms with E-state index in [-0.39, 0.29) is 66.4 Å². The quantitative estimate of drug-likeness (QED) is 0.0234. The van der Waals surface area contributed by atoms with Gasteiger partial charge in [0.05, 0.1) is 46.0 Å². The number of para-hydroxylation sites is 1. The molecule has 6 aliphatic rings. The molecule has 4 saturated carbocycles. The van der Waals surface area contributed by atoms with Gasteiger partial charge >= 0.3 is 18.0 Å². The summed E-state index contributed by atoms with van der Waals surface area (Å²) in [6, 6.07) is 21.9. The lowest BCUT2D eigenvalue weighted by molar-refractivity contribution is -0.256. The topological polar surface area (TPSA) is 327 Å². The van der Waals surface area contributed by atoms with E-state index in [9.17, 15) is 54.0 Å². The number of imide groups is 1. The Bertz CT molecular complexity index is 4050. The molecule has 6 heterocycles. The Hall–Kier alpha value is -8.88. The normalized spacial score (nSPS) is 25.6. The van der Waals surface area contributed by atoms with Crippen LogP contribution in [0.3, 0.4) is 0 Å². The SMILES string of the molecule is Cc1c(-c2ccc(-c3ccc4[nH]cc(C(=O)Nc5nc6ccccc6s5)c4c3)nc2C(=O)O)cnn1CC12CC3(C)CC(C)(C1)CC(OCCN(C)C(=O)OCc1ccc(CCCCNC(=O)CN4C(=O)C=CC4=O)cc1O[C@@H]1O[C@H](C(=O)O)[C@@H](C)[C@H](O)[C@H]1O)(C3)C2. The molecule has 92 heavy (non-hydrogen) atoms. The number of unbranched alkanes of at least 4 members (excludes halogenated alkanes) is 1. The van der Waals surface area contributed by atoms with Crippen LogP contribution in [-0.2, 0) is 53.0 Å². The summed E-state index contributed by atoms with van der Waals surface area (Å²) in [5, 5.41) is 54.0. The molecule has 7 aromatic rings. The molecule has 4 aromatic heterocycles. The summed E-state index contributed by atoms with van der Waals surface area (Å²) in [6.07, 6.45) is 5.77. The highest BCUT2D eigenvalue weighted by Gasteiger charge is 2.66. The van der Waals surface area contributed by atoms with Crippen molar-refractivity contribution in [1.82, 2.24) is 39.8 Å². The highest BCUT2D eigenvalue weighted by atomic mass is 32.1. The predicted molar refractivity (Wildman–Crippen MR) is 336 cm³/mol. The number of likely N-dealkylation sites (N-methyl/N-ethyl adjacent to an activating group) is 1. The van der Waals surface area contributed by atoms with Gasteiger partial charge in [0.1, 0.15) is 25.0 Å². The molecule has 2 unspecified atom stereocenters. The van der Waals surface area contributed by atoms with Crippen molar-refractivity contribution in [3.63, 3.8) is 0 Å². The molecule has 0 spiro atoms. The Kier molecular flexibility index (Phi) is 17.2. The van der Waals surface area contributed by atoms with E-state index in [2.05, 4.69) is 34.4 Å². The number of H-pyrrole nitrogens is 1. The number of nitrogens with zero attached hydrogens (tertiary/aromatic N) is 6. The summed E-state index contributed by atoms with van der Waals surface area (Å²) in [5.41, 5.74) is 5.10. The molecule has 7 N–H and O–H groups in total. The van der Waals surface area contributed by atoms with Crippen LogP contribution in [0.5, 0.6) is 5.75 Å². The third kappa shape index (κ3) is 12.9. The molecule has 3 aromatic carbocycles. The Morgan fingerprint density at radius 2 is 1.64 bits per heavy atom. The lowest BCUT2D eigenvalue weighted by Gasteiger charge is -2.69. The van der Waals surface area contributed by atoms with Gasteiger partial charge in [-0.1, -0.05) is 62.4 Å². The number of aliphatic hydroxyl groups is 2. The number of amides is 5. The summed E-state index contributed by atoms with van der Waals surface area (Å²) in [7, 11) is 1.62. The number of ether oxygens (including phenoxy) is 4. The van der Waals surface area contributed by atoms with E-state index in [4.69, 9.17) is 29.0 Å². The maximum Gasteiger partial charge on any atom is 0.409 e. The van der Waals surface area contributed by atoms with Crippen LogP contribution in [0.1, 0.15) is 110 Å². The van der Waals surface area contributed by atoms with Crippen LogP contribution in [0.25, 0.3) is 43.5 Å². The monoisotopic (exact) mass is 1280 g/mol. The van der Waals surface area contributed by atoms with Gasteiger partial charge < -0.3 is 54.6 Å². The molecule has 5 fully saturated rings. The molecule has 7 atom stereocenters. The van der Waals surface area contributed by atoms with Crippen LogP contribution in [0.4, 0.5) is 9.93 Å². The van der Waals surface area contributed by atoms with Gasteiger partial charge in [0.15, 0.2) is 16.9 Å². The molecule has 25 heteroatoms. The number of anilines is 1. The molecule has 2 aliphatic heterocycles. The Labute approximate surface area is 532 Å². The fourth-order valence-electron chi connectivity index (χ4n) is 15.6. The number of aliphatic hydroxyl groups excluding tert-OH is 2. The number of hydrogen-bond donors (Lipinski definition) is 7. The summed E-state index contributed by atoms with van der Waals surface area (Å²) in [4.78, 5) is 103. The van der Waals surface area contributed by atoms with E-state index in [0.29, 0.717) is 69.8 Å². The number of fused-ring (bicyclic) bond motifs is 2. The van der Waals surface area contributed by atoms with Crippen molar-refractivity contribution in [3.8, 4) is 28.1 Å². The number of aryl methyl sites for hydroxylation is 1. The van der Waals surface area contributed by atoms with Crippen molar-refractivity contribution in [2.75, 3.05) is 38.6 Å². The Morgan fingerprint density at radius 3 is 2.38 bits per heavy atom. The fraction of sp³-hybridized carbons (Fsp3) is 0.433. The molecule has 1 saturated heterocycles. The first-order valence-corrected chi connectivity index (χ1v) is 31.6. The second-order valence-corrected chi connectivity index (χ2v) is 27.4. The highest BCUT2D eigenvalue weighted by molar-refractivity contribution is 7.22. The zero-order chi connectivity index (χ0) is 65.0. The van der Waals surface area contributed by atoms with Gasteiger partial charge in [0, 0.05) is 89.8 Å². The van der Waals surface area contributed by atoms with Crippen LogP contribution in [-0.4, -0.2) is 160 Å². The third-order valence-corrected chi connectivity index (χ3v) is 19.8. The van der Waals surface area contributed by atoms with Crippen LogP contribution in [0.2, 0.25) is 0 Å². The lowest BCUT2D eigenvalue weighted by atomic mass is 9.39. The van der Waals surface area contributed by atoms with E-state index in [1.807, 2.05) is 54.1 Å². The largest absolute Gasteiger partial charge is 0.479 e. The average Bonchev–Trinajstić information content (AvgIpc) is 0.751. The lowest BCUT2D eigenvalue weighted by Crippen LogP contribution is -2.64. The van der Waals surface area contributed by atoms with Crippen LogP contribution in [0.15, 0.2) is 97.3 Å². The molecule has 13 rings (SSSR count). The molecular weight excluding hydrogens is 1200 g/mol. The number of rotatable bonds is 23. The fourth-order valence-corrected chi connectivity index (χ4v) is 16.5. The number of pyridine rings is 1. The number of benzene rings is 3. The standard InChI is InChI=1S/C67H73N9O15S/c1-37-55(80)56(81)61(91-57(37)60(85)86)90-49-24-39(10-8-9-21-68-51(77)28-75-52(78)19-20-53(75)79)13-14-41(49)29-88-63(87)74(5)22-23-89-67-33-64(3)30-65(4,34-67)32-66(31-64,35-67)36-76-38(2)44(27-70-76)42-16-18-46(71-54(42)59(83)84)40-15-17-47-43(25-40)45(26-69-47)58(82)73-62-72-48-11-6-7-12-50(48)92-62/h6-7,11-20,24-27,37,55-57,61,69,80-81H,8-10,21-23,28-36H2,1-5H3,(H,68,77)(H,83,84)(H,85,86)(H,72,73,82)/t37-,55-,56+,57-,61+,64?,65?,66?,67?/m0/s1. The smallest absolute Gasteiger partial charge is 0.409 e. The number of carboxylic acids is 2. The van der Waals surface area contributed by atoms with E-state index < -0.39 is 71.9 Å². The van der Waals surface area contributed by atoms with E-state index in [1.54, 1.807) is 49.8 Å². The minimum Gasteiger partial charge on any atom is -0.479 e. The summed E-state index contributed by atoms with van der Waals surface area (Å²) >= 11 is 1.38. The number of thiazole rings is 1. The van der Waals surface area contributed by atoms with E-state index in [1.165, 1.54) is 23.2 Å². The number of aromatic amines is 1. The van der Waals surface area contributed by atoms with Gasteiger partial charge in [0.2, 0.25) is 12.2 Å². The average molecular weight is 1280 g/mol. The molecule has 0 radical (unpaired) electrons. The first kappa shape index (κ1) is 63.3. The molecule has 24 nitrogen and oxygen atoms in total. The van der Waals surface area contributed by atoms with Crippen molar-refractivity contribution >= 4 is 79.2 Å². The van der Waals surface area contributed by atoms with Crippen molar-refractivity contribution in [2.45, 2.75) is 129 Å². The van der Waals surface area contributed by atoms with E-state index in [0.717, 1.165) is 82.6 Å². The molecule has 4 aliphatic carbocycles. The molecule has 5 amide bonds. The third-order valence-electron chi connectivity index (χ3n) is 18.8. The van der Waals surface area contributed by atoms with Crippen molar-refractivity contribution in [3.05, 3.63) is 125 Å². The van der Waals surface area contributed by atoms with Gasteiger partial charge in [-0.3, -0.25) is 34.1 Å². The zero-order valence-corrected chi connectivity index (χ0v) is 52.4. The van der Waals surface area contributed by atoms with Crippen LogP contribution >= 0.6 is 11.3 Å². The second-order valence-electron chi connectivity index (χ2n) is 26.4. The maximum atomic E-state index is 13.7. The van der Waals surface area contributed by atoms with Crippen LogP contribution in [0, 0.1) is 29.1 Å². The van der Waals surface area contributed by atoms with Gasteiger partial charge in [-0.2, -0.15) is 5.10 Å². The second kappa shape index (κ2) is 25.0. The zero-order valence-electron chi connectivity index (χ0n) is 51.6. The van der Waals surface area contributed by atoms with Gasteiger partial charge in [-0.15, -0.1) is 0 Å². The minimum absolute atomic E-state index is 0.0340. The molecule has 482 valence electrons. The number of carboxylic acid groups (broad SMARTS) is 2. The summed E-state index contributed by atoms with van der Waals surface area (Å²) in [6.45, 7) is 8.70. The first-order chi connectivity index (χ1) is 43.9. The number of carbonyl (C=O) groups is 7. The maximum absolute atomic E-state index is 13.7. The van der Waals surface area contributed by atoms with E-state index >= 15 is 0 Å². The summed E-state index contributed by atoms with van der Waals surface area (Å²) < 4.78 is 27.6. The van der Waals surface area contributed by atoms with Crippen molar-refractivity contribution in [1.29, 1.82) is 0 Å². The number of aromatic nitrogens is 5. The number of carbonyl (C=O) groups excluding carboxylic acids is 5. The van der Waals surface area contributed by atoms with Crippen molar-refractivity contribution in [2.24, 2.45) is 22.2 Å². The van der Waals surface area contributed by atoms with Crippen LogP contribution < -0.4 is 15.4 Å². The number of aliphatic carboxylic acids is 1. The van der Waals surface area contributed by atoms with Gasteiger partial charge in [-0.05, 0) is 129 Å². The number of aromatic carboxylic acids is 1. The molecule has 4 bridgehead atoms. The Morgan fingerprint density at radius 1 is 0.880 bits per heavy atom. The highest BCUT2D eigenvalue weighted by Crippen LogP contribution is 2.72. The number of nitrogens with one attached hydrogen (secondary N) is 3. The predicted octanol–water partition coefficient (Wildman–Crippen LogP) is 8.28. The van der Waals surface area contributed by atoms with Gasteiger partial charge in [-0.25, -0.2) is 24.4 Å². The molecular formula is C67H73N9O15S. The number of hydrogen-bond acceptors (Lipinski definition) is 17. The minimum atomic E-state index is -1.62. The summed E-state index contributed by atoms with van der Waals surface area (Å²) in [5.74, 6) is -5.29. The van der Waals surface area contributed by atoms with Crippen molar-refractivity contribution < 1.29 is 72.9 Å². The first-order valence-electron chi connectivity index (χ1n) is 30.8.